The van der Waals surface area contributed by atoms with Crippen LogP contribution in [-0.2, 0) is 0 Å². The number of nitrogens with zero attached hydrogens (tertiary/aromatic N) is 1. The van der Waals surface area contributed by atoms with Gasteiger partial charge in [0.1, 0.15) is 5.75 Å². The van der Waals surface area contributed by atoms with Crippen LogP contribution in [0.1, 0.15) is 19.3 Å². The number of ether oxygens (including phenoxy) is 1. The molecule has 1 aromatic heterocycles. The van der Waals surface area contributed by atoms with Gasteiger partial charge in [0.05, 0.1) is 17.9 Å². The number of benzene rings is 1. The van der Waals surface area contributed by atoms with Crippen LogP contribution in [0.5, 0.6) is 5.75 Å². The molecule has 0 aliphatic heterocycles. The Morgan fingerprint density at radius 2 is 2.17 bits per heavy atom. The zero-order valence-electron chi connectivity index (χ0n) is 9.73. The summed E-state index contributed by atoms with van der Waals surface area (Å²) >= 11 is 6.02. The van der Waals surface area contributed by atoms with Crippen molar-refractivity contribution >= 4 is 17.5 Å². The molecule has 1 aromatic carbocycles. The monoisotopic (exact) mass is 264 g/mol. The Morgan fingerprint density at radius 1 is 1.33 bits per heavy atom. The zero-order valence-corrected chi connectivity index (χ0v) is 10.5. The first-order valence-electron chi connectivity index (χ1n) is 5.91. The second-order valence-electron chi connectivity index (χ2n) is 4.41. The Balaban J connectivity index is 2.00. The molecular weight excluding hydrogens is 252 g/mol. The molecule has 2 N–H and O–H groups in total. The standard InChI is InChI=1S/C13H13ClN2O2/c14-8-4-5-12(17-9-2-1-3-9)10(6-8)11-7-16-18-13(11)15/h4-7,9H,1-3,15H2. The number of hydrogen-bond acceptors (Lipinski definition) is 4. The lowest BCUT2D eigenvalue weighted by Gasteiger charge is -2.27. The summed E-state index contributed by atoms with van der Waals surface area (Å²) in [4.78, 5) is 0. The second kappa shape index (κ2) is 4.53. The summed E-state index contributed by atoms with van der Waals surface area (Å²) in [6.07, 6.45) is 5.30. The molecule has 1 fully saturated rings. The zero-order chi connectivity index (χ0) is 12.5. The number of rotatable bonds is 3. The van der Waals surface area contributed by atoms with Gasteiger partial charge in [0.25, 0.3) is 0 Å². The minimum atomic E-state index is 0.274. The van der Waals surface area contributed by atoms with Crippen LogP contribution >= 0.6 is 11.6 Å². The maximum absolute atomic E-state index is 6.02. The number of aromatic nitrogens is 1. The topological polar surface area (TPSA) is 61.3 Å². The minimum absolute atomic E-state index is 0.274. The van der Waals surface area contributed by atoms with E-state index in [0.717, 1.165) is 24.2 Å². The van der Waals surface area contributed by atoms with E-state index in [9.17, 15) is 0 Å². The number of anilines is 1. The van der Waals surface area contributed by atoms with Crippen molar-refractivity contribution in [3.63, 3.8) is 0 Å². The third kappa shape index (κ3) is 2.04. The molecule has 0 saturated heterocycles. The van der Waals surface area contributed by atoms with Crippen LogP contribution in [0.3, 0.4) is 0 Å². The molecule has 1 heterocycles. The number of nitrogen functional groups attached to an aromatic ring is 1. The maximum atomic E-state index is 6.02. The van der Waals surface area contributed by atoms with Crippen molar-refractivity contribution in [3.05, 3.63) is 29.4 Å². The smallest absolute Gasteiger partial charge is 0.230 e. The van der Waals surface area contributed by atoms with E-state index in [-0.39, 0.29) is 5.88 Å². The lowest BCUT2D eigenvalue weighted by molar-refractivity contribution is 0.121. The fourth-order valence-corrected chi connectivity index (χ4v) is 2.11. The van der Waals surface area contributed by atoms with Gasteiger partial charge < -0.3 is 15.0 Å². The Hall–Kier alpha value is -1.68. The van der Waals surface area contributed by atoms with Crippen molar-refractivity contribution in [1.82, 2.24) is 5.16 Å². The van der Waals surface area contributed by atoms with Gasteiger partial charge >= 0.3 is 0 Å². The molecule has 94 valence electrons. The largest absolute Gasteiger partial charge is 0.490 e. The van der Waals surface area contributed by atoms with E-state index >= 15 is 0 Å². The van der Waals surface area contributed by atoms with E-state index in [2.05, 4.69) is 5.16 Å². The molecule has 3 rings (SSSR count). The molecule has 4 nitrogen and oxygen atoms in total. The van der Waals surface area contributed by atoms with Crippen LogP contribution in [0.25, 0.3) is 11.1 Å². The SMILES string of the molecule is Nc1oncc1-c1cc(Cl)ccc1OC1CCC1. The van der Waals surface area contributed by atoms with E-state index in [4.69, 9.17) is 26.6 Å². The van der Waals surface area contributed by atoms with Crippen LogP contribution in [0.2, 0.25) is 5.02 Å². The molecule has 1 saturated carbocycles. The molecular formula is C13H13ClN2O2. The molecule has 0 spiro atoms. The highest BCUT2D eigenvalue weighted by Gasteiger charge is 2.22. The third-order valence-corrected chi connectivity index (χ3v) is 3.41. The lowest BCUT2D eigenvalue weighted by atomic mass is 9.96. The molecule has 1 aliphatic carbocycles. The van der Waals surface area contributed by atoms with Crippen molar-refractivity contribution in [2.75, 3.05) is 5.73 Å². The molecule has 1 aliphatic rings. The first kappa shape index (κ1) is 11.4. The molecule has 0 atom stereocenters. The van der Waals surface area contributed by atoms with Crippen molar-refractivity contribution < 1.29 is 9.26 Å². The summed E-state index contributed by atoms with van der Waals surface area (Å²) in [6, 6.07) is 5.49. The van der Waals surface area contributed by atoms with E-state index in [1.165, 1.54) is 6.42 Å². The number of hydrogen-bond donors (Lipinski definition) is 1. The summed E-state index contributed by atoms with van der Waals surface area (Å²) in [5.41, 5.74) is 7.28. The van der Waals surface area contributed by atoms with E-state index in [0.29, 0.717) is 16.7 Å². The fraction of sp³-hybridized carbons (Fsp3) is 0.308. The second-order valence-corrected chi connectivity index (χ2v) is 4.85. The van der Waals surface area contributed by atoms with Gasteiger partial charge in [-0.3, -0.25) is 0 Å². The van der Waals surface area contributed by atoms with Crippen LogP contribution < -0.4 is 10.5 Å². The van der Waals surface area contributed by atoms with Crippen molar-refractivity contribution in [3.8, 4) is 16.9 Å². The van der Waals surface area contributed by atoms with Crippen LogP contribution in [0.15, 0.2) is 28.9 Å². The molecule has 18 heavy (non-hydrogen) atoms. The average molecular weight is 265 g/mol. The van der Waals surface area contributed by atoms with Gasteiger partial charge in [-0.05, 0) is 37.5 Å². The number of nitrogens with two attached hydrogens (primary N) is 1. The predicted octanol–water partition coefficient (Wildman–Crippen LogP) is 3.51. The normalized spacial score (nSPS) is 15.4. The van der Waals surface area contributed by atoms with E-state index < -0.39 is 0 Å². The molecule has 2 aromatic rings. The van der Waals surface area contributed by atoms with Gasteiger partial charge in [-0.2, -0.15) is 0 Å². The Kier molecular flexibility index (Phi) is 2.88. The van der Waals surface area contributed by atoms with Crippen LogP contribution in [-0.4, -0.2) is 11.3 Å². The highest BCUT2D eigenvalue weighted by molar-refractivity contribution is 6.31. The molecule has 0 radical (unpaired) electrons. The highest BCUT2D eigenvalue weighted by Crippen LogP contribution is 2.37. The third-order valence-electron chi connectivity index (χ3n) is 3.18. The van der Waals surface area contributed by atoms with Crippen molar-refractivity contribution in [1.29, 1.82) is 0 Å². The van der Waals surface area contributed by atoms with Gasteiger partial charge in [-0.1, -0.05) is 16.8 Å². The average Bonchev–Trinajstić information content (AvgIpc) is 2.71. The molecule has 0 bridgehead atoms. The van der Waals surface area contributed by atoms with Crippen LogP contribution in [0, 0.1) is 0 Å². The first-order chi connectivity index (χ1) is 8.74. The van der Waals surface area contributed by atoms with Gasteiger partial charge in [0.2, 0.25) is 5.88 Å². The Bertz CT molecular complexity index is 564. The Labute approximate surface area is 110 Å². The first-order valence-corrected chi connectivity index (χ1v) is 6.28. The molecule has 5 heteroatoms. The minimum Gasteiger partial charge on any atom is -0.490 e. The number of halogens is 1. The van der Waals surface area contributed by atoms with Gasteiger partial charge in [0, 0.05) is 10.6 Å². The van der Waals surface area contributed by atoms with Crippen molar-refractivity contribution in [2.45, 2.75) is 25.4 Å². The molecule has 0 amide bonds. The Morgan fingerprint density at radius 3 is 2.78 bits per heavy atom. The van der Waals surface area contributed by atoms with Gasteiger partial charge in [-0.15, -0.1) is 0 Å². The summed E-state index contributed by atoms with van der Waals surface area (Å²) in [7, 11) is 0. The fourth-order valence-electron chi connectivity index (χ4n) is 1.93. The molecule has 0 unspecified atom stereocenters. The maximum Gasteiger partial charge on any atom is 0.230 e. The quantitative estimate of drug-likeness (QED) is 0.921. The van der Waals surface area contributed by atoms with Crippen LogP contribution in [0.4, 0.5) is 5.88 Å². The predicted molar refractivity (Wildman–Crippen MR) is 69.6 cm³/mol. The summed E-state index contributed by atoms with van der Waals surface area (Å²) < 4.78 is 10.8. The van der Waals surface area contributed by atoms with Gasteiger partial charge in [-0.25, -0.2) is 0 Å². The van der Waals surface area contributed by atoms with E-state index in [1.807, 2.05) is 18.2 Å². The van der Waals surface area contributed by atoms with E-state index in [1.54, 1.807) is 6.20 Å². The summed E-state index contributed by atoms with van der Waals surface area (Å²) in [5.74, 6) is 1.05. The van der Waals surface area contributed by atoms with Crippen molar-refractivity contribution in [2.24, 2.45) is 0 Å². The lowest BCUT2D eigenvalue weighted by Crippen LogP contribution is -2.24. The summed E-state index contributed by atoms with van der Waals surface area (Å²) in [6.45, 7) is 0. The highest BCUT2D eigenvalue weighted by atomic mass is 35.5. The summed E-state index contributed by atoms with van der Waals surface area (Å²) in [5, 5.41) is 4.31. The van der Waals surface area contributed by atoms with Gasteiger partial charge in [0.15, 0.2) is 0 Å².